The topological polar surface area (TPSA) is 105 Å². The molecule has 1 aliphatic rings. The number of aliphatic hydroxyl groups excluding tert-OH is 3. The summed E-state index contributed by atoms with van der Waals surface area (Å²) in [6.07, 6.45) is -6.30. The van der Waals surface area contributed by atoms with Gasteiger partial charge < -0.3 is 29.5 Å². The Morgan fingerprint density at radius 2 is 2.00 bits per heavy atom. The smallest absolute Gasteiger partial charge is 0.340 e. The zero-order valence-electron chi connectivity index (χ0n) is 11.8. The molecule has 8 heteroatoms. The first kappa shape index (κ1) is 17.1. The Balaban J connectivity index is 2.16. The van der Waals surface area contributed by atoms with Gasteiger partial charge in [-0.05, 0) is 12.1 Å². The summed E-state index contributed by atoms with van der Waals surface area (Å²) < 4.78 is 15.4. The molecule has 1 aromatic rings. The quantitative estimate of drug-likeness (QED) is 0.664. The molecule has 0 aliphatic carbocycles. The lowest BCUT2D eigenvalue weighted by Gasteiger charge is -2.40. The van der Waals surface area contributed by atoms with Gasteiger partial charge in [0, 0.05) is 7.11 Å². The minimum atomic E-state index is -1.47. The molecule has 0 aromatic heterocycles. The van der Waals surface area contributed by atoms with Gasteiger partial charge in [0.05, 0.1) is 17.2 Å². The second-order valence-corrected chi connectivity index (χ2v) is 5.20. The zero-order valence-corrected chi connectivity index (χ0v) is 12.5. The Hall–Kier alpha value is -1.22. The summed E-state index contributed by atoms with van der Waals surface area (Å²) in [5.74, 6) is -0.782. The van der Waals surface area contributed by atoms with Crippen molar-refractivity contribution in [2.24, 2.45) is 0 Å². The van der Waals surface area contributed by atoms with Crippen LogP contribution in [0.25, 0.3) is 0 Å². The Kier molecular flexibility index (Phi) is 5.74. The first-order valence-electron chi connectivity index (χ1n) is 6.60. The normalized spacial score (nSPS) is 31.8. The second-order valence-electron chi connectivity index (χ2n) is 4.79. The molecule has 5 atom stereocenters. The van der Waals surface area contributed by atoms with Gasteiger partial charge in [-0.25, -0.2) is 4.79 Å². The van der Waals surface area contributed by atoms with Gasteiger partial charge in [-0.3, -0.25) is 0 Å². The summed E-state index contributed by atoms with van der Waals surface area (Å²) in [4.78, 5) is 12.1. The Bertz CT molecular complexity index is 522. The number of hydrogen-bond acceptors (Lipinski definition) is 7. The monoisotopic (exact) mass is 332 g/mol. The summed E-state index contributed by atoms with van der Waals surface area (Å²) in [6, 6.07) is 6.26. The van der Waals surface area contributed by atoms with Crippen LogP contribution >= 0.6 is 11.6 Å². The Morgan fingerprint density at radius 1 is 1.32 bits per heavy atom. The fourth-order valence-corrected chi connectivity index (χ4v) is 2.40. The Morgan fingerprint density at radius 3 is 2.59 bits per heavy atom. The molecule has 22 heavy (non-hydrogen) atoms. The SMILES string of the molecule is CO[C@H]1O[C@H](CO)[C@@H](O)[C@H](O)[C@H]1OC(=O)c1ccccc1Cl. The van der Waals surface area contributed by atoms with Gasteiger partial charge in [-0.15, -0.1) is 0 Å². The van der Waals surface area contributed by atoms with Gasteiger partial charge in [0.15, 0.2) is 12.4 Å². The van der Waals surface area contributed by atoms with E-state index in [1.54, 1.807) is 12.1 Å². The van der Waals surface area contributed by atoms with Crippen molar-refractivity contribution >= 4 is 17.6 Å². The van der Waals surface area contributed by atoms with E-state index in [0.29, 0.717) is 0 Å². The van der Waals surface area contributed by atoms with Gasteiger partial charge >= 0.3 is 5.97 Å². The first-order chi connectivity index (χ1) is 10.5. The van der Waals surface area contributed by atoms with Gasteiger partial charge in [0.25, 0.3) is 0 Å². The third kappa shape index (κ3) is 3.40. The van der Waals surface area contributed by atoms with Crippen molar-refractivity contribution in [2.75, 3.05) is 13.7 Å². The number of halogens is 1. The largest absolute Gasteiger partial charge is 0.450 e. The van der Waals surface area contributed by atoms with E-state index in [0.717, 1.165) is 0 Å². The molecule has 1 aromatic carbocycles. The first-order valence-corrected chi connectivity index (χ1v) is 6.98. The minimum Gasteiger partial charge on any atom is -0.450 e. The summed E-state index contributed by atoms with van der Waals surface area (Å²) in [7, 11) is 1.29. The maximum absolute atomic E-state index is 12.1. The van der Waals surface area contributed by atoms with Crippen LogP contribution in [-0.2, 0) is 14.2 Å². The molecule has 0 radical (unpaired) electrons. The van der Waals surface area contributed by atoms with E-state index in [9.17, 15) is 15.0 Å². The third-order valence-corrected chi connectivity index (χ3v) is 3.72. The Labute approximate surface area is 132 Å². The number of aliphatic hydroxyl groups is 3. The molecule has 1 saturated heterocycles. The molecule has 0 amide bonds. The predicted octanol–water partition coefficient (Wildman–Crippen LogP) is -0.0492. The van der Waals surface area contributed by atoms with Crippen molar-refractivity contribution in [3.8, 4) is 0 Å². The highest BCUT2D eigenvalue weighted by Gasteiger charge is 2.46. The van der Waals surface area contributed by atoms with Crippen LogP contribution < -0.4 is 0 Å². The van der Waals surface area contributed by atoms with Gasteiger partial charge in [0.2, 0.25) is 0 Å². The molecule has 0 saturated carbocycles. The molecule has 1 heterocycles. The van der Waals surface area contributed by atoms with E-state index in [1.165, 1.54) is 19.2 Å². The lowest BCUT2D eigenvalue weighted by atomic mass is 9.99. The molecule has 0 unspecified atom stereocenters. The molecule has 7 nitrogen and oxygen atoms in total. The van der Waals surface area contributed by atoms with E-state index >= 15 is 0 Å². The average molecular weight is 333 g/mol. The second kappa shape index (κ2) is 7.36. The number of rotatable bonds is 4. The average Bonchev–Trinajstić information content (AvgIpc) is 2.52. The highest BCUT2D eigenvalue weighted by Crippen LogP contribution is 2.26. The van der Waals surface area contributed by atoms with E-state index in [1.807, 2.05) is 0 Å². The third-order valence-electron chi connectivity index (χ3n) is 3.39. The van der Waals surface area contributed by atoms with Crippen molar-refractivity contribution in [2.45, 2.75) is 30.7 Å². The molecule has 1 fully saturated rings. The molecule has 122 valence electrons. The van der Waals surface area contributed by atoms with Crippen molar-refractivity contribution in [1.82, 2.24) is 0 Å². The molecule has 0 spiro atoms. The number of carbonyl (C=O) groups is 1. The van der Waals surface area contributed by atoms with Gasteiger partial charge in [0.1, 0.15) is 18.3 Å². The molecule has 2 rings (SSSR count). The highest BCUT2D eigenvalue weighted by atomic mass is 35.5. The van der Waals surface area contributed by atoms with Crippen molar-refractivity contribution in [1.29, 1.82) is 0 Å². The van der Waals surface area contributed by atoms with Crippen LogP contribution in [0.4, 0.5) is 0 Å². The van der Waals surface area contributed by atoms with Crippen LogP contribution in [0.5, 0.6) is 0 Å². The maximum atomic E-state index is 12.1. The number of benzene rings is 1. The van der Waals surface area contributed by atoms with Crippen LogP contribution in [0.3, 0.4) is 0 Å². The van der Waals surface area contributed by atoms with Crippen LogP contribution in [0.2, 0.25) is 5.02 Å². The van der Waals surface area contributed by atoms with E-state index in [4.69, 9.17) is 30.9 Å². The van der Waals surface area contributed by atoms with Crippen molar-refractivity contribution in [3.63, 3.8) is 0 Å². The van der Waals surface area contributed by atoms with Gasteiger partial charge in [-0.2, -0.15) is 0 Å². The van der Waals surface area contributed by atoms with Crippen molar-refractivity contribution in [3.05, 3.63) is 34.9 Å². The molecule has 1 aliphatic heterocycles. The maximum Gasteiger partial charge on any atom is 0.340 e. The molecular formula is C14H17ClO7. The standard InChI is InChI=1S/C14H17ClO7/c1-20-14-12(11(18)10(17)9(6-16)21-14)22-13(19)7-4-2-3-5-8(7)15/h2-5,9-12,14,16-18H,6H2,1H3/t9-,10-,11+,12-,14+/m1/s1. The van der Waals surface area contributed by atoms with E-state index in [-0.39, 0.29) is 10.6 Å². The predicted molar refractivity (Wildman–Crippen MR) is 75.4 cm³/mol. The number of esters is 1. The molecular weight excluding hydrogens is 316 g/mol. The van der Waals surface area contributed by atoms with E-state index < -0.39 is 43.3 Å². The summed E-state index contributed by atoms with van der Waals surface area (Å²) in [6.45, 7) is -0.511. The lowest BCUT2D eigenvalue weighted by Crippen LogP contribution is -2.60. The van der Waals surface area contributed by atoms with Crippen molar-refractivity contribution < 1.29 is 34.3 Å². The zero-order chi connectivity index (χ0) is 16.3. The highest BCUT2D eigenvalue weighted by molar-refractivity contribution is 6.33. The van der Waals surface area contributed by atoms with Crippen LogP contribution in [0, 0.1) is 0 Å². The van der Waals surface area contributed by atoms with Gasteiger partial charge in [-0.1, -0.05) is 23.7 Å². The number of hydrogen-bond donors (Lipinski definition) is 3. The molecule has 3 N–H and O–H groups in total. The minimum absolute atomic E-state index is 0.116. The number of methoxy groups -OCH3 is 1. The number of ether oxygens (including phenoxy) is 3. The fraction of sp³-hybridized carbons (Fsp3) is 0.500. The summed E-state index contributed by atoms with van der Waals surface area (Å²) in [5, 5.41) is 29.2. The summed E-state index contributed by atoms with van der Waals surface area (Å²) in [5.41, 5.74) is 0.116. The summed E-state index contributed by atoms with van der Waals surface area (Å²) >= 11 is 5.91. The lowest BCUT2D eigenvalue weighted by molar-refractivity contribution is -0.293. The molecule has 0 bridgehead atoms. The van der Waals surface area contributed by atoms with E-state index in [2.05, 4.69) is 0 Å². The number of carbonyl (C=O) groups excluding carboxylic acids is 1. The van der Waals surface area contributed by atoms with Crippen LogP contribution in [0.15, 0.2) is 24.3 Å². The van der Waals surface area contributed by atoms with Crippen LogP contribution in [-0.4, -0.2) is 65.7 Å². The van der Waals surface area contributed by atoms with Crippen LogP contribution in [0.1, 0.15) is 10.4 Å². The fourth-order valence-electron chi connectivity index (χ4n) is 2.19.